The van der Waals surface area contributed by atoms with Crippen molar-refractivity contribution in [1.29, 1.82) is 0 Å². The van der Waals surface area contributed by atoms with Gasteiger partial charge in [-0.25, -0.2) is 4.98 Å². The number of carbonyl (C=O) groups excluding carboxylic acids is 4. The first-order chi connectivity index (χ1) is 22.8. The number of rotatable bonds is 3. The molecule has 6 aliphatic rings. The maximum Gasteiger partial charge on any atom is 0.253 e. The summed E-state index contributed by atoms with van der Waals surface area (Å²) in [6.45, 7) is 6.05. The van der Waals surface area contributed by atoms with Gasteiger partial charge in [0.05, 0.1) is 29.1 Å². The van der Waals surface area contributed by atoms with Gasteiger partial charge in [-0.05, 0) is 64.0 Å². The number of amides is 4. The monoisotopic (exact) mass is 662 g/mol. The molecule has 0 radical (unpaired) electrons. The second-order valence-electron chi connectivity index (χ2n) is 14.0. The number of carbonyl (C=O) groups is 4. The van der Waals surface area contributed by atoms with Gasteiger partial charge in [0, 0.05) is 74.4 Å². The van der Waals surface area contributed by atoms with E-state index in [0.717, 1.165) is 54.5 Å². The molecule has 1 aromatic heterocycles. The fourth-order valence-electron chi connectivity index (χ4n) is 8.14. The van der Waals surface area contributed by atoms with Gasteiger partial charge in [-0.3, -0.25) is 19.2 Å². The lowest BCUT2D eigenvalue weighted by Crippen LogP contribution is -2.59. The smallest absolute Gasteiger partial charge is 0.253 e. The van der Waals surface area contributed by atoms with Gasteiger partial charge in [0.25, 0.3) is 5.91 Å². The van der Waals surface area contributed by atoms with Gasteiger partial charge in [-0.15, -0.1) is 11.3 Å². The van der Waals surface area contributed by atoms with Crippen LogP contribution < -0.4 is 10.6 Å². The number of piperidine rings is 2. The molecule has 4 saturated heterocycles. The largest absolute Gasteiger partial charge is 0.381 e. The second-order valence-corrected chi connectivity index (χ2v) is 15.3. The highest BCUT2D eigenvalue weighted by molar-refractivity contribution is 7.11. The number of likely N-dealkylation sites (tertiary alicyclic amines) is 1. The Balaban J connectivity index is 1.16. The minimum Gasteiger partial charge on any atom is -0.381 e. The van der Waals surface area contributed by atoms with Gasteiger partial charge in [0.1, 0.15) is 6.04 Å². The summed E-state index contributed by atoms with van der Waals surface area (Å²) in [5.41, 5.74) is 0.583. The highest BCUT2D eigenvalue weighted by atomic mass is 32.1. The average molecular weight is 663 g/mol. The van der Waals surface area contributed by atoms with E-state index in [1.54, 1.807) is 16.2 Å². The van der Waals surface area contributed by atoms with Crippen molar-refractivity contribution in [3.8, 4) is 0 Å². The molecular formula is C35H46N6O5S. The third kappa shape index (κ3) is 6.96. The second kappa shape index (κ2) is 13.6. The Morgan fingerprint density at radius 1 is 1.00 bits per heavy atom. The van der Waals surface area contributed by atoms with Crippen molar-refractivity contribution in [3.05, 3.63) is 51.5 Å². The lowest BCUT2D eigenvalue weighted by Gasteiger charge is -2.43. The molecule has 6 aliphatic heterocycles. The van der Waals surface area contributed by atoms with Crippen molar-refractivity contribution >= 4 is 35.0 Å². The molecule has 2 aromatic rings. The maximum atomic E-state index is 14.4. The lowest BCUT2D eigenvalue weighted by atomic mass is 9.83. The molecule has 1 spiro atoms. The van der Waals surface area contributed by atoms with Crippen LogP contribution in [0.15, 0.2) is 30.3 Å². The van der Waals surface area contributed by atoms with Crippen molar-refractivity contribution in [1.82, 2.24) is 30.3 Å². The number of benzene rings is 1. The zero-order chi connectivity index (χ0) is 32.5. The van der Waals surface area contributed by atoms with E-state index in [0.29, 0.717) is 63.6 Å². The predicted octanol–water partition coefficient (Wildman–Crippen LogP) is 2.63. The maximum absolute atomic E-state index is 14.4. The molecule has 0 saturated carbocycles. The molecule has 2 atom stereocenters. The number of thiazole rings is 1. The summed E-state index contributed by atoms with van der Waals surface area (Å²) in [5.74, 6) is -0.0344. The van der Waals surface area contributed by atoms with Crippen LogP contribution in [0, 0.1) is 6.92 Å². The number of aryl methyl sites for hydroxylation is 1. The Bertz CT molecular complexity index is 1480. The third-order valence-electron chi connectivity index (χ3n) is 10.9. The average Bonchev–Trinajstić information content (AvgIpc) is 3.68. The quantitative estimate of drug-likeness (QED) is 0.518. The highest BCUT2D eigenvalue weighted by Crippen LogP contribution is 2.35. The number of hydrogen-bond donors (Lipinski definition) is 2. The van der Waals surface area contributed by atoms with E-state index < -0.39 is 11.6 Å². The normalized spacial score (nSPS) is 26.1. The molecule has 2 N–H and O–H groups in total. The van der Waals surface area contributed by atoms with E-state index in [1.807, 2.05) is 47.1 Å². The number of nitrogens with zero attached hydrogens (tertiary/aromatic N) is 4. The zero-order valence-electron chi connectivity index (χ0n) is 27.2. The van der Waals surface area contributed by atoms with Gasteiger partial charge in [0.15, 0.2) is 0 Å². The Labute approximate surface area is 280 Å². The van der Waals surface area contributed by atoms with Gasteiger partial charge >= 0.3 is 0 Å². The van der Waals surface area contributed by atoms with Gasteiger partial charge < -0.3 is 30.1 Å². The fraction of sp³-hybridized carbons (Fsp3) is 0.629. The van der Waals surface area contributed by atoms with Crippen molar-refractivity contribution in [2.24, 2.45) is 0 Å². The minimum absolute atomic E-state index is 0.0166. The van der Waals surface area contributed by atoms with E-state index in [1.165, 1.54) is 0 Å². The first kappa shape index (κ1) is 32.2. The summed E-state index contributed by atoms with van der Waals surface area (Å²) in [7, 11) is 0. The van der Waals surface area contributed by atoms with Crippen molar-refractivity contribution < 1.29 is 23.9 Å². The van der Waals surface area contributed by atoms with Crippen LogP contribution in [-0.2, 0) is 25.5 Å². The van der Waals surface area contributed by atoms with E-state index in [9.17, 15) is 19.2 Å². The molecule has 8 rings (SSSR count). The summed E-state index contributed by atoms with van der Waals surface area (Å²) < 4.78 is 5.56. The Kier molecular flexibility index (Phi) is 9.35. The standard InChI is InChI=1S/C35H46N6O5S/c1-23-28-20-30(42)38-35(11-15-40(16-12-35)33(44)25-5-3-2-4-6-25)21-31(43)41-22-27(36-26-9-17-46-18-10-26)19-29(41)34(45)39-13-7-24(8-14-39)32(37-28)47-23/h2-6,24,26-27,29,36H,7-22H2,1H3,(H,38,42)/t27-,29-/m0/s1. The first-order valence-corrected chi connectivity index (χ1v) is 18.1. The van der Waals surface area contributed by atoms with Crippen molar-refractivity contribution in [2.75, 3.05) is 45.9 Å². The van der Waals surface area contributed by atoms with Crippen molar-refractivity contribution in [2.45, 2.75) is 94.3 Å². The van der Waals surface area contributed by atoms with E-state index >= 15 is 0 Å². The molecule has 12 heteroatoms. The Morgan fingerprint density at radius 3 is 2.45 bits per heavy atom. The number of ether oxygens (including phenoxy) is 1. The van der Waals surface area contributed by atoms with Crippen LogP contribution in [0.1, 0.15) is 83.2 Å². The molecule has 252 valence electrons. The molecule has 0 unspecified atom stereocenters. The molecular weight excluding hydrogens is 616 g/mol. The summed E-state index contributed by atoms with van der Waals surface area (Å²) in [5, 5.41) is 8.08. The van der Waals surface area contributed by atoms with Gasteiger partial charge in [-0.2, -0.15) is 0 Å². The first-order valence-electron chi connectivity index (χ1n) is 17.3. The van der Waals surface area contributed by atoms with E-state index in [-0.39, 0.29) is 48.4 Å². The molecule has 7 heterocycles. The van der Waals surface area contributed by atoms with Crippen LogP contribution in [0.25, 0.3) is 0 Å². The zero-order valence-corrected chi connectivity index (χ0v) is 28.1. The number of hydrogen-bond acceptors (Lipinski definition) is 8. The molecule has 4 fully saturated rings. The van der Waals surface area contributed by atoms with Crippen LogP contribution in [-0.4, -0.2) is 113 Å². The van der Waals surface area contributed by atoms with Crippen LogP contribution in [0.5, 0.6) is 0 Å². The topological polar surface area (TPSA) is 124 Å². The summed E-state index contributed by atoms with van der Waals surface area (Å²) in [6.07, 6.45) is 5.23. The van der Waals surface area contributed by atoms with Crippen LogP contribution in [0.2, 0.25) is 0 Å². The third-order valence-corrected chi connectivity index (χ3v) is 12.1. The Hall–Kier alpha value is -3.35. The van der Waals surface area contributed by atoms with Gasteiger partial charge in [0.2, 0.25) is 17.7 Å². The number of fused-ring (bicyclic) bond motifs is 5. The minimum atomic E-state index is -0.829. The van der Waals surface area contributed by atoms with Crippen LogP contribution in [0.4, 0.5) is 0 Å². The van der Waals surface area contributed by atoms with Crippen molar-refractivity contribution in [3.63, 3.8) is 0 Å². The van der Waals surface area contributed by atoms with Crippen LogP contribution >= 0.6 is 11.3 Å². The predicted molar refractivity (Wildman–Crippen MR) is 177 cm³/mol. The SMILES string of the molecule is Cc1sc2nc1CC(=O)NC1(CCN(C(=O)c3ccccc3)CC1)CC(=O)N1C[C@@H](NC3CCOCC3)C[C@H]1C(=O)N1CCC2CC1. The van der Waals surface area contributed by atoms with Crippen LogP contribution in [0.3, 0.4) is 0 Å². The summed E-state index contributed by atoms with van der Waals surface area (Å²) in [4.78, 5) is 67.1. The molecule has 47 heavy (non-hydrogen) atoms. The highest BCUT2D eigenvalue weighted by Gasteiger charge is 2.46. The molecule has 11 nitrogen and oxygen atoms in total. The Morgan fingerprint density at radius 2 is 1.72 bits per heavy atom. The molecule has 4 bridgehead atoms. The van der Waals surface area contributed by atoms with E-state index in [2.05, 4.69) is 10.6 Å². The number of aromatic nitrogens is 1. The number of nitrogens with one attached hydrogen (secondary N) is 2. The van der Waals surface area contributed by atoms with Gasteiger partial charge in [-0.1, -0.05) is 18.2 Å². The van der Waals surface area contributed by atoms with E-state index in [4.69, 9.17) is 9.72 Å². The molecule has 4 amide bonds. The molecule has 0 aliphatic carbocycles. The fourth-order valence-corrected chi connectivity index (χ4v) is 9.25. The molecule has 1 aromatic carbocycles. The summed E-state index contributed by atoms with van der Waals surface area (Å²) >= 11 is 1.66. The summed E-state index contributed by atoms with van der Waals surface area (Å²) in [6, 6.07) is 9.00. The lowest BCUT2D eigenvalue weighted by molar-refractivity contribution is -0.145.